The number of aliphatic hydroxyl groups excluding tert-OH is 1. The topological polar surface area (TPSA) is 76.1 Å². The monoisotopic (exact) mass is 702 g/mol. The van der Waals surface area contributed by atoms with Gasteiger partial charge >= 0.3 is 11.9 Å². The van der Waals surface area contributed by atoms with E-state index < -0.39 is 0 Å². The Hall–Kier alpha value is -2.18. The molecular weight excluding hydrogens is 622 g/mol. The molecule has 0 rings (SSSR count). The first kappa shape index (κ1) is 47.8. The minimum Gasteiger partial charge on any atom is -0.466 e. The summed E-state index contributed by atoms with van der Waals surface area (Å²) >= 11 is 0. The van der Waals surface area contributed by atoms with Crippen molar-refractivity contribution in [3.8, 4) is 0 Å². The number of nitrogens with zero attached hydrogens (tertiary/aromatic N) is 1. The van der Waals surface area contributed by atoms with Crippen LogP contribution in [0, 0.1) is 0 Å². The maximum atomic E-state index is 12.2. The number of esters is 2. The molecule has 0 atom stereocenters. The summed E-state index contributed by atoms with van der Waals surface area (Å²) in [5.74, 6) is -0.425. The molecule has 0 aliphatic heterocycles. The summed E-state index contributed by atoms with van der Waals surface area (Å²) in [5, 5.41) is 9.41. The van der Waals surface area contributed by atoms with Crippen molar-refractivity contribution < 1.29 is 24.2 Å². The molecule has 0 aliphatic rings. The average molecular weight is 702 g/mol. The van der Waals surface area contributed by atoms with Gasteiger partial charge in [-0.3, -0.25) is 14.5 Å². The maximum absolute atomic E-state index is 12.2. The number of carbonyl (C=O) groups excluding carboxylic acids is 2. The van der Waals surface area contributed by atoms with E-state index in [2.05, 4.69) is 62.5 Å². The molecule has 0 aliphatic carbocycles. The fourth-order valence-electron chi connectivity index (χ4n) is 5.67. The SMILES string of the molecule is CCCCC/C=C\C/C=C\CCCCCCCCOC(=O)CCN(CCO)CCC(=O)OCCCCCCCC/C=C\C/C=C\CCCCC. The molecule has 0 radical (unpaired) electrons. The molecule has 0 aromatic carbocycles. The van der Waals surface area contributed by atoms with Crippen LogP contribution in [0.15, 0.2) is 48.6 Å². The van der Waals surface area contributed by atoms with Gasteiger partial charge in [0.15, 0.2) is 0 Å². The van der Waals surface area contributed by atoms with Crippen molar-refractivity contribution in [1.29, 1.82) is 0 Å². The van der Waals surface area contributed by atoms with Crippen LogP contribution in [0.4, 0.5) is 0 Å². The molecule has 0 aromatic rings. The van der Waals surface area contributed by atoms with Crippen LogP contribution < -0.4 is 0 Å². The fourth-order valence-corrected chi connectivity index (χ4v) is 5.67. The first-order valence-electron chi connectivity index (χ1n) is 20.9. The number of hydrogen-bond acceptors (Lipinski definition) is 6. The van der Waals surface area contributed by atoms with Gasteiger partial charge in [0.2, 0.25) is 0 Å². The van der Waals surface area contributed by atoms with Crippen molar-refractivity contribution in [3.63, 3.8) is 0 Å². The number of hydrogen-bond donors (Lipinski definition) is 1. The molecule has 0 amide bonds. The number of ether oxygens (including phenoxy) is 2. The predicted molar refractivity (Wildman–Crippen MR) is 213 cm³/mol. The van der Waals surface area contributed by atoms with Gasteiger partial charge in [0.1, 0.15) is 0 Å². The Labute approximate surface area is 309 Å². The number of rotatable bonds is 38. The Morgan fingerprint density at radius 3 is 1.16 bits per heavy atom. The predicted octanol–water partition coefficient (Wildman–Crippen LogP) is 11.8. The lowest BCUT2D eigenvalue weighted by atomic mass is 10.1. The standard InChI is InChI=1S/C44H79NO5/c1-3-5-7-9-11-13-15-17-19-21-23-25-27-29-31-33-41-49-43(47)35-37-45(39-40-46)38-36-44(48)50-42-34-32-30-28-26-24-22-20-18-16-14-12-10-8-6-4-2/h11-14,17-20,46H,3-10,15-16,21-42H2,1-2H3/b13-11-,14-12-,19-17-,20-18-. The van der Waals surface area contributed by atoms with Crippen LogP contribution in [0.5, 0.6) is 0 Å². The number of unbranched alkanes of at least 4 members (excludes halogenated alkanes) is 18. The van der Waals surface area contributed by atoms with E-state index in [-0.39, 0.29) is 31.4 Å². The van der Waals surface area contributed by atoms with Gasteiger partial charge < -0.3 is 14.6 Å². The van der Waals surface area contributed by atoms with Gasteiger partial charge in [0, 0.05) is 19.6 Å². The minimum atomic E-state index is -0.213. The summed E-state index contributed by atoms with van der Waals surface area (Å²) in [6.45, 7) is 6.79. The highest BCUT2D eigenvalue weighted by molar-refractivity contribution is 5.70. The lowest BCUT2D eigenvalue weighted by Gasteiger charge is -2.20. The molecule has 0 heterocycles. The quantitative estimate of drug-likeness (QED) is 0.0392. The zero-order valence-corrected chi connectivity index (χ0v) is 32.8. The van der Waals surface area contributed by atoms with Crippen LogP contribution in [0.25, 0.3) is 0 Å². The summed E-state index contributed by atoms with van der Waals surface area (Å²) in [5.41, 5.74) is 0. The molecule has 0 saturated heterocycles. The third-order valence-electron chi connectivity index (χ3n) is 8.90. The highest BCUT2D eigenvalue weighted by Crippen LogP contribution is 2.10. The van der Waals surface area contributed by atoms with Crippen LogP contribution >= 0.6 is 0 Å². The van der Waals surface area contributed by atoms with E-state index in [4.69, 9.17) is 9.47 Å². The molecule has 0 aromatic heterocycles. The Kier molecular flexibility index (Phi) is 39.4. The molecule has 290 valence electrons. The average Bonchev–Trinajstić information content (AvgIpc) is 3.12. The molecule has 50 heavy (non-hydrogen) atoms. The second-order valence-electron chi connectivity index (χ2n) is 13.7. The van der Waals surface area contributed by atoms with Crippen LogP contribution in [-0.2, 0) is 19.1 Å². The van der Waals surface area contributed by atoms with E-state index in [9.17, 15) is 14.7 Å². The van der Waals surface area contributed by atoms with Crippen molar-refractivity contribution in [3.05, 3.63) is 48.6 Å². The van der Waals surface area contributed by atoms with Gasteiger partial charge in [-0.25, -0.2) is 0 Å². The van der Waals surface area contributed by atoms with Crippen molar-refractivity contribution >= 4 is 11.9 Å². The fraction of sp³-hybridized carbons (Fsp3) is 0.773. The maximum Gasteiger partial charge on any atom is 0.307 e. The molecule has 0 bridgehead atoms. The molecule has 0 spiro atoms. The zero-order valence-electron chi connectivity index (χ0n) is 32.8. The van der Waals surface area contributed by atoms with Crippen LogP contribution in [0.2, 0.25) is 0 Å². The van der Waals surface area contributed by atoms with E-state index in [1.165, 1.54) is 103 Å². The van der Waals surface area contributed by atoms with Gasteiger partial charge in [0.25, 0.3) is 0 Å². The van der Waals surface area contributed by atoms with E-state index in [1.54, 1.807) is 0 Å². The van der Waals surface area contributed by atoms with Gasteiger partial charge in [-0.15, -0.1) is 0 Å². The summed E-state index contributed by atoms with van der Waals surface area (Å²) in [4.78, 5) is 26.4. The van der Waals surface area contributed by atoms with Crippen LogP contribution in [-0.4, -0.2) is 61.4 Å². The van der Waals surface area contributed by atoms with Gasteiger partial charge in [-0.2, -0.15) is 0 Å². The lowest BCUT2D eigenvalue weighted by Crippen LogP contribution is -2.32. The highest BCUT2D eigenvalue weighted by atomic mass is 16.5. The number of carbonyl (C=O) groups is 2. The summed E-state index contributed by atoms with van der Waals surface area (Å²) in [6.07, 6.45) is 47.4. The summed E-state index contributed by atoms with van der Waals surface area (Å²) in [6, 6.07) is 0. The molecule has 1 N–H and O–H groups in total. The molecule has 6 heteroatoms. The first-order valence-corrected chi connectivity index (χ1v) is 20.9. The van der Waals surface area contributed by atoms with E-state index in [1.807, 2.05) is 4.90 Å². The Bertz CT molecular complexity index is 783. The lowest BCUT2D eigenvalue weighted by molar-refractivity contribution is -0.144. The second kappa shape index (κ2) is 41.2. The molecule has 0 saturated carbocycles. The van der Waals surface area contributed by atoms with E-state index in [0.29, 0.717) is 32.8 Å². The normalized spacial score (nSPS) is 12.1. The largest absolute Gasteiger partial charge is 0.466 e. The highest BCUT2D eigenvalue weighted by Gasteiger charge is 2.12. The number of allylic oxidation sites excluding steroid dienone is 8. The van der Waals surface area contributed by atoms with E-state index >= 15 is 0 Å². The Morgan fingerprint density at radius 2 is 0.800 bits per heavy atom. The summed E-state index contributed by atoms with van der Waals surface area (Å²) < 4.78 is 10.8. The van der Waals surface area contributed by atoms with E-state index in [0.717, 1.165) is 51.4 Å². The third-order valence-corrected chi connectivity index (χ3v) is 8.90. The van der Waals surface area contributed by atoms with Crippen molar-refractivity contribution in [2.45, 2.75) is 181 Å². The summed E-state index contributed by atoms with van der Waals surface area (Å²) in [7, 11) is 0. The Balaban J connectivity index is 3.66. The smallest absolute Gasteiger partial charge is 0.307 e. The molecular formula is C44H79NO5. The minimum absolute atomic E-state index is 0.0102. The van der Waals surface area contributed by atoms with Gasteiger partial charge in [0.05, 0.1) is 32.7 Å². The van der Waals surface area contributed by atoms with Crippen molar-refractivity contribution in [1.82, 2.24) is 4.90 Å². The molecule has 0 unspecified atom stereocenters. The Morgan fingerprint density at radius 1 is 0.460 bits per heavy atom. The number of aliphatic hydroxyl groups is 1. The third kappa shape index (κ3) is 38.6. The van der Waals surface area contributed by atoms with Gasteiger partial charge in [-0.05, 0) is 77.0 Å². The molecule has 6 nitrogen and oxygen atoms in total. The van der Waals surface area contributed by atoms with Crippen LogP contribution in [0.3, 0.4) is 0 Å². The first-order chi connectivity index (χ1) is 24.6. The van der Waals surface area contributed by atoms with Crippen molar-refractivity contribution in [2.75, 3.05) is 39.5 Å². The van der Waals surface area contributed by atoms with Crippen LogP contribution in [0.1, 0.15) is 181 Å². The molecule has 0 fully saturated rings. The van der Waals surface area contributed by atoms with Gasteiger partial charge in [-0.1, -0.05) is 140 Å². The van der Waals surface area contributed by atoms with Crippen molar-refractivity contribution in [2.24, 2.45) is 0 Å². The zero-order chi connectivity index (χ0) is 36.4. The second-order valence-corrected chi connectivity index (χ2v) is 13.7.